The van der Waals surface area contributed by atoms with E-state index in [9.17, 15) is 14.9 Å². The van der Waals surface area contributed by atoms with Crippen molar-refractivity contribution in [3.8, 4) is 0 Å². The number of anilines is 1. The number of nitrogens with zero attached hydrogens (tertiary/aromatic N) is 1. The Morgan fingerprint density at radius 1 is 1.52 bits per heavy atom. The van der Waals surface area contributed by atoms with Crippen LogP contribution in [0, 0.1) is 15.5 Å². The molecule has 1 heterocycles. The van der Waals surface area contributed by atoms with E-state index in [1.807, 2.05) is 13.8 Å². The maximum absolute atomic E-state index is 11.6. The third-order valence-electron chi connectivity index (χ3n) is 3.65. The van der Waals surface area contributed by atoms with Gasteiger partial charge in [-0.3, -0.25) is 10.1 Å². The van der Waals surface area contributed by atoms with Gasteiger partial charge in [-0.15, -0.1) is 0 Å². The second kappa shape index (κ2) is 5.69. The Labute approximate surface area is 122 Å². The van der Waals surface area contributed by atoms with E-state index in [1.54, 1.807) is 0 Å². The quantitative estimate of drug-likeness (QED) is 0.520. The molecule has 21 heavy (non-hydrogen) atoms. The highest BCUT2D eigenvalue weighted by Gasteiger charge is 2.36. The smallest absolute Gasteiger partial charge is 0.337 e. The van der Waals surface area contributed by atoms with Gasteiger partial charge in [0.05, 0.1) is 36.9 Å². The highest BCUT2D eigenvalue weighted by molar-refractivity contribution is 5.91. The van der Waals surface area contributed by atoms with Crippen LogP contribution in [0.25, 0.3) is 0 Å². The lowest BCUT2D eigenvalue weighted by molar-refractivity contribution is -0.384. The van der Waals surface area contributed by atoms with Gasteiger partial charge in [-0.05, 0) is 12.1 Å². The number of methoxy groups -OCH3 is 1. The molecule has 7 heteroatoms. The Morgan fingerprint density at radius 3 is 2.76 bits per heavy atom. The van der Waals surface area contributed by atoms with Crippen molar-refractivity contribution in [2.75, 3.05) is 25.6 Å². The molecule has 0 unspecified atom stereocenters. The van der Waals surface area contributed by atoms with Crippen LogP contribution in [0.1, 0.15) is 24.2 Å². The predicted octanol–water partition coefficient (Wildman–Crippen LogP) is 2.22. The van der Waals surface area contributed by atoms with E-state index in [0.717, 1.165) is 0 Å². The van der Waals surface area contributed by atoms with Crippen molar-refractivity contribution in [1.82, 2.24) is 0 Å². The van der Waals surface area contributed by atoms with Gasteiger partial charge in [-0.2, -0.15) is 0 Å². The van der Waals surface area contributed by atoms with Gasteiger partial charge in [0.15, 0.2) is 0 Å². The first-order valence-corrected chi connectivity index (χ1v) is 6.56. The zero-order valence-electron chi connectivity index (χ0n) is 12.2. The lowest BCUT2D eigenvalue weighted by Gasteiger charge is -2.26. The van der Waals surface area contributed by atoms with Crippen molar-refractivity contribution in [1.29, 1.82) is 0 Å². The molecular weight excluding hydrogens is 276 g/mol. The molecule has 0 aliphatic carbocycles. The summed E-state index contributed by atoms with van der Waals surface area (Å²) in [6.45, 7) is 5.09. The predicted molar refractivity (Wildman–Crippen MR) is 76.4 cm³/mol. The van der Waals surface area contributed by atoms with E-state index in [-0.39, 0.29) is 22.7 Å². The molecule has 1 atom stereocenters. The number of nitrogens with one attached hydrogen (secondary N) is 1. The number of ether oxygens (including phenoxy) is 2. The molecule has 114 valence electrons. The summed E-state index contributed by atoms with van der Waals surface area (Å²) in [7, 11) is 1.27. The molecule has 1 aromatic rings. The molecule has 1 aliphatic heterocycles. The van der Waals surface area contributed by atoms with Gasteiger partial charge in [0, 0.05) is 11.5 Å². The normalized spacial score (nSPS) is 20.0. The minimum absolute atomic E-state index is 0.0657. The van der Waals surface area contributed by atoms with Crippen molar-refractivity contribution >= 4 is 17.3 Å². The summed E-state index contributed by atoms with van der Waals surface area (Å²) >= 11 is 0. The fourth-order valence-electron chi connectivity index (χ4n) is 2.25. The van der Waals surface area contributed by atoms with Gasteiger partial charge >= 0.3 is 5.97 Å². The molecular formula is C14H18N2O5. The van der Waals surface area contributed by atoms with Gasteiger partial charge in [-0.25, -0.2) is 4.79 Å². The number of hydrogen-bond acceptors (Lipinski definition) is 6. The molecule has 0 bridgehead atoms. The average molecular weight is 294 g/mol. The number of hydrogen-bond donors (Lipinski definition) is 1. The highest BCUT2D eigenvalue weighted by Crippen LogP contribution is 2.33. The Morgan fingerprint density at radius 2 is 2.24 bits per heavy atom. The van der Waals surface area contributed by atoms with Crippen molar-refractivity contribution in [3.05, 3.63) is 33.9 Å². The molecule has 0 saturated carbocycles. The van der Waals surface area contributed by atoms with Crippen LogP contribution in [0.15, 0.2) is 18.2 Å². The van der Waals surface area contributed by atoms with E-state index in [1.165, 1.54) is 25.3 Å². The number of nitro groups is 1. The van der Waals surface area contributed by atoms with E-state index in [4.69, 9.17) is 4.74 Å². The summed E-state index contributed by atoms with van der Waals surface area (Å²) in [5.41, 5.74) is 0.342. The lowest BCUT2D eigenvalue weighted by atomic mass is 9.87. The van der Waals surface area contributed by atoms with Crippen LogP contribution in [-0.2, 0) is 9.47 Å². The number of nitro benzene ring substituents is 1. The Balaban J connectivity index is 2.35. The molecule has 2 rings (SSSR count). The van der Waals surface area contributed by atoms with Crippen LogP contribution in [-0.4, -0.2) is 37.3 Å². The second-order valence-corrected chi connectivity index (χ2v) is 5.68. The molecule has 0 aromatic heterocycles. The van der Waals surface area contributed by atoms with Crippen LogP contribution in [0.4, 0.5) is 11.4 Å². The van der Waals surface area contributed by atoms with Crippen LogP contribution >= 0.6 is 0 Å². The molecule has 1 saturated heterocycles. The molecule has 1 aromatic carbocycles. The maximum atomic E-state index is 11.6. The first kappa shape index (κ1) is 15.2. The number of carbonyl (C=O) groups excluding carboxylic acids is 1. The Bertz CT molecular complexity index is 570. The zero-order chi connectivity index (χ0) is 15.6. The second-order valence-electron chi connectivity index (χ2n) is 5.68. The fourth-order valence-corrected chi connectivity index (χ4v) is 2.25. The molecule has 7 nitrogen and oxygen atoms in total. The van der Waals surface area contributed by atoms with E-state index in [0.29, 0.717) is 18.9 Å². The summed E-state index contributed by atoms with van der Waals surface area (Å²) in [6, 6.07) is 4.06. The van der Waals surface area contributed by atoms with Gasteiger partial charge < -0.3 is 14.8 Å². The Kier molecular flexibility index (Phi) is 4.13. The molecule has 1 aliphatic rings. The number of benzene rings is 1. The minimum Gasteiger partial charge on any atom is -0.465 e. The lowest BCUT2D eigenvalue weighted by Crippen LogP contribution is -2.34. The number of rotatable bonds is 4. The maximum Gasteiger partial charge on any atom is 0.337 e. The third-order valence-corrected chi connectivity index (χ3v) is 3.65. The van der Waals surface area contributed by atoms with Crippen LogP contribution in [0.5, 0.6) is 0 Å². The summed E-state index contributed by atoms with van der Waals surface area (Å²) < 4.78 is 10.1. The first-order valence-electron chi connectivity index (χ1n) is 6.56. The minimum atomic E-state index is -0.533. The van der Waals surface area contributed by atoms with E-state index < -0.39 is 10.9 Å². The topological polar surface area (TPSA) is 90.7 Å². The van der Waals surface area contributed by atoms with E-state index >= 15 is 0 Å². The van der Waals surface area contributed by atoms with Crippen molar-refractivity contribution in [2.24, 2.45) is 5.41 Å². The standard InChI is InChI=1S/C14H18N2O5/c1-14(2)8-21-7-12(14)15-10-6-9(13(17)20-3)4-5-11(10)16(18)19/h4-6,12,15H,7-8H2,1-3H3/t12-/m1/s1. The average Bonchev–Trinajstić information content (AvgIpc) is 2.76. The van der Waals surface area contributed by atoms with Gasteiger partial charge in [-0.1, -0.05) is 13.8 Å². The summed E-state index contributed by atoms with van der Waals surface area (Å²) in [6.07, 6.45) is 0. The largest absolute Gasteiger partial charge is 0.465 e. The van der Waals surface area contributed by atoms with Gasteiger partial charge in [0.1, 0.15) is 5.69 Å². The van der Waals surface area contributed by atoms with Crippen LogP contribution in [0.2, 0.25) is 0 Å². The van der Waals surface area contributed by atoms with Crippen LogP contribution in [0.3, 0.4) is 0 Å². The summed E-state index contributed by atoms with van der Waals surface area (Å²) in [5, 5.41) is 14.3. The number of carbonyl (C=O) groups is 1. The zero-order valence-corrected chi connectivity index (χ0v) is 12.2. The fraction of sp³-hybridized carbons (Fsp3) is 0.500. The molecule has 0 radical (unpaired) electrons. The van der Waals surface area contributed by atoms with Gasteiger partial charge in [0.25, 0.3) is 5.69 Å². The van der Waals surface area contributed by atoms with E-state index in [2.05, 4.69) is 10.1 Å². The molecule has 0 spiro atoms. The SMILES string of the molecule is COC(=O)c1ccc([N+](=O)[O-])c(N[C@@H]2COCC2(C)C)c1. The summed E-state index contributed by atoms with van der Waals surface area (Å²) in [4.78, 5) is 22.2. The third kappa shape index (κ3) is 3.13. The van der Waals surface area contributed by atoms with Crippen molar-refractivity contribution in [3.63, 3.8) is 0 Å². The first-order chi connectivity index (χ1) is 9.85. The van der Waals surface area contributed by atoms with Crippen molar-refractivity contribution < 1.29 is 19.2 Å². The molecule has 1 fully saturated rings. The molecule has 1 N–H and O–H groups in total. The highest BCUT2D eigenvalue weighted by atomic mass is 16.6. The molecule has 0 amide bonds. The van der Waals surface area contributed by atoms with Gasteiger partial charge in [0.2, 0.25) is 0 Å². The monoisotopic (exact) mass is 294 g/mol. The number of esters is 1. The summed E-state index contributed by atoms with van der Waals surface area (Å²) in [5.74, 6) is -0.533. The Hall–Kier alpha value is -2.15. The van der Waals surface area contributed by atoms with Crippen molar-refractivity contribution in [2.45, 2.75) is 19.9 Å². The van der Waals surface area contributed by atoms with Crippen LogP contribution < -0.4 is 5.32 Å².